The van der Waals surface area contributed by atoms with E-state index in [1.54, 1.807) is 42.6 Å². The van der Waals surface area contributed by atoms with Crippen molar-refractivity contribution in [2.24, 2.45) is 0 Å². The smallest absolute Gasteiger partial charge is 0.261 e. The first-order valence-electron chi connectivity index (χ1n) is 7.51. The Morgan fingerprint density at radius 2 is 1.80 bits per heavy atom. The second-order valence-electron chi connectivity index (χ2n) is 5.19. The summed E-state index contributed by atoms with van der Waals surface area (Å²) < 4.78 is 14.1. The SMILES string of the molecule is O=C(Nc1ccc2nsnc2c1)c1cccnc1Oc1ccccc1. The van der Waals surface area contributed by atoms with Crippen molar-refractivity contribution >= 4 is 34.4 Å². The van der Waals surface area contributed by atoms with Gasteiger partial charge in [0.05, 0.1) is 11.7 Å². The Balaban J connectivity index is 1.59. The van der Waals surface area contributed by atoms with Gasteiger partial charge < -0.3 is 10.1 Å². The molecular formula is C18H12N4O2S. The third kappa shape index (κ3) is 3.31. The third-order valence-corrected chi connectivity index (χ3v) is 4.04. The van der Waals surface area contributed by atoms with Gasteiger partial charge in [0.15, 0.2) is 0 Å². The minimum Gasteiger partial charge on any atom is -0.438 e. The third-order valence-electron chi connectivity index (χ3n) is 3.49. The first-order valence-corrected chi connectivity index (χ1v) is 8.24. The van der Waals surface area contributed by atoms with Gasteiger partial charge in [-0.25, -0.2) is 4.98 Å². The number of anilines is 1. The largest absolute Gasteiger partial charge is 0.438 e. The van der Waals surface area contributed by atoms with Crippen molar-refractivity contribution in [2.45, 2.75) is 0 Å². The molecule has 7 heteroatoms. The van der Waals surface area contributed by atoms with Gasteiger partial charge in [-0.3, -0.25) is 4.79 Å². The van der Waals surface area contributed by atoms with Gasteiger partial charge in [0, 0.05) is 11.9 Å². The number of aromatic nitrogens is 3. The molecule has 4 rings (SSSR count). The van der Waals surface area contributed by atoms with Crippen LogP contribution in [0.25, 0.3) is 11.0 Å². The van der Waals surface area contributed by atoms with Gasteiger partial charge in [-0.05, 0) is 42.5 Å². The fraction of sp³-hybridized carbons (Fsp3) is 0. The summed E-state index contributed by atoms with van der Waals surface area (Å²) >= 11 is 1.14. The summed E-state index contributed by atoms with van der Waals surface area (Å²) in [5.74, 6) is 0.564. The van der Waals surface area contributed by atoms with E-state index >= 15 is 0 Å². The van der Waals surface area contributed by atoms with E-state index in [2.05, 4.69) is 19.0 Å². The number of para-hydroxylation sites is 1. The number of hydrogen-bond acceptors (Lipinski definition) is 6. The Morgan fingerprint density at radius 1 is 0.960 bits per heavy atom. The Kier molecular flexibility index (Phi) is 4.05. The number of carbonyl (C=O) groups excluding carboxylic acids is 1. The van der Waals surface area contributed by atoms with Crippen molar-refractivity contribution in [3.63, 3.8) is 0 Å². The molecule has 2 aromatic heterocycles. The molecule has 0 bridgehead atoms. The lowest BCUT2D eigenvalue weighted by atomic mass is 10.2. The highest BCUT2D eigenvalue weighted by atomic mass is 32.1. The van der Waals surface area contributed by atoms with E-state index in [4.69, 9.17) is 4.74 Å². The van der Waals surface area contributed by atoms with E-state index in [1.165, 1.54) is 0 Å². The molecule has 0 spiro atoms. The molecule has 0 aliphatic rings. The summed E-state index contributed by atoms with van der Waals surface area (Å²) in [6.07, 6.45) is 1.59. The van der Waals surface area contributed by atoms with Crippen LogP contribution in [0.2, 0.25) is 0 Å². The van der Waals surface area contributed by atoms with Crippen LogP contribution in [0.1, 0.15) is 10.4 Å². The lowest BCUT2D eigenvalue weighted by Gasteiger charge is -2.10. The summed E-state index contributed by atoms with van der Waals surface area (Å²) in [7, 11) is 0. The highest BCUT2D eigenvalue weighted by molar-refractivity contribution is 7.00. The van der Waals surface area contributed by atoms with Gasteiger partial charge in [-0.15, -0.1) is 0 Å². The van der Waals surface area contributed by atoms with Crippen LogP contribution in [0.4, 0.5) is 5.69 Å². The summed E-state index contributed by atoms with van der Waals surface area (Å²) in [4.78, 5) is 16.8. The molecule has 0 atom stereocenters. The summed E-state index contributed by atoms with van der Waals surface area (Å²) in [5.41, 5.74) is 2.54. The van der Waals surface area contributed by atoms with E-state index in [-0.39, 0.29) is 11.8 Å². The second kappa shape index (κ2) is 6.66. The quantitative estimate of drug-likeness (QED) is 0.600. The zero-order valence-corrected chi connectivity index (χ0v) is 13.7. The number of nitrogens with zero attached hydrogens (tertiary/aromatic N) is 3. The summed E-state index contributed by atoms with van der Waals surface area (Å²) in [6, 6.07) is 18.0. The molecule has 2 aromatic carbocycles. The van der Waals surface area contributed by atoms with Crippen LogP contribution < -0.4 is 10.1 Å². The normalized spacial score (nSPS) is 10.6. The van der Waals surface area contributed by atoms with Gasteiger partial charge >= 0.3 is 0 Å². The maximum absolute atomic E-state index is 12.6. The number of rotatable bonds is 4. The van der Waals surface area contributed by atoms with Gasteiger partial charge in [-0.1, -0.05) is 18.2 Å². The highest BCUT2D eigenvalue weighted by Gasteiger charge is 2.15. The lowest BCUT2D eigenvalue weighted by Crippen LogP contribution is -2.13. The first-order chi connectivity index (χ1) is 12.3. The predicted octanol–water partition coefficient (Wildman–Crippen LogP) is 4.13. The number of hydrogen-bond donors (Lipinski definition) is 1. The van der Waals surface area contributed by atoms with E-state index in [0.29, 0.717) is 17.0 Å². The molecule has 0 radical (unpaired) electrons. The van der Waals surface area contributed by atoms with E-state index < -0.39 is 0 Å². The zero-order chi connectivity index (χ0) is 17.1. The summed E-state index contributed by atoms with van der Waals surface area (Å²) in [6.45, 7) is 0. The fourth-order valence-corrected chi connectivity index (χ4v) is 2.82. The van der Waals surface area contributed by atoms with E-state index in [1.807, 2.05) is 24.3 Å². The number of benzene rings is 2. The summed E-state index contributed by atoms with van der Waals surface area (Å²) in [5, 5.41) is 2.84. The Bertz CT molecular complexity index is 1030. The molecule has 0 unspecified atom stereocenters. The molecule has 25 heavy (non-hydrogen) atoms. The van der Waals surface area contributed by atoms with Crippen LogP contribution in [0.5, 0.6) is 11.6 Å². The number of amides is 1. The van der Waals surface area contributed by atoms with Crippen molar-refractivity contribution in [3.05, 3.63) is 72.4 Å². The van der Waals surface area contributed by atoms with Crippen LogP contribution >= 0.6 is 11.7 Å². The molecule has 1 N–H and O–H groups in total. The molecule has 122 valence electrons. The monoisotopic (exact) mass is 348 g/mol. The average molecular weight is 348 g/mol. The first kappa shape index (κ1) is 15.2. The number of ether oxygens (including phenoxy) is 1. The minimum atomic E-state index is -0.304. The van der Waals surface area contributed by atoms with E-state index in [0.717, 1.165) is 22.8 Å². The Labute approximate surface area is 147 Å². The standard InChI is InChI=1S/C18H12N4O2S/c23-17(20-12-8-9-15-16(11-12)22-25-21-15)14-7-4-10-19-18(14)24-13-5-2-1-3-6-13/h1-11H,(H,20,23). The lowest BCUT2D eigenvalue weighted by molar-refractivity contribution is 0.102. The second-order valence-corrected chi connectivity index (χ2v) is 5.72. The van der Waals surface area contributed by atoms with Crippen molar-refractivity contribution in [3.8, 4) is 11.6 Å². The molecule has 4 aromatic rings. The van der Waals surface area contributed by atoms with Crippen LogP contribution in [0.3, 0.4) is 0 Å². The number of carbonyl (C=O) groups is 1. The van der Waals surface area contributed by atoms with Crippen LogP contribution in [-0.2, 0) is 0 Å². The van der Waals surface area contributed by atoms with Gasteiger partial charge in [0.25, 0.3) is 5.91 Å². The maximum atomic E-state index is 12.6. The molecule has 0 fully saturated rings. The molecule has 6 nitrogen and oxygen atoms in total. The van der Waals surface area contributed by atoms with Gasteiger partial charge in [-0.2, -0.15) is 8.75 Å². The van der Waals surface area contributed by atoms with E-state index in [9.17, 15) is 4.79 Å². The van der Waals surface area contributed by atoms with Gasteiger partial charge in [0.1, 0.15) is 22.3 Å². The Morgan fingerprint density at radius 3 is 2.68 bits per heavy atom. The maximum Gasteiger partial charge on any atom is 0.261 e. The molecule has 1 amide bonds. The van der Waals surface area contributed by atoms with Crippen molar-refractivity contribution in [1.29, 1.82) is 0 Å². The molecule has 0 aliphatic heterocycles. The molecule has 0 saturated carbocycles. The minimum absolute atomic E-state index is 0.252. The molecule has 0 saturated heterocycles. The van der Waals surface area contributed by atoms with Crippen LogP contribution in [0.15, 0.2) is 66.9 Å². The number of pyridine rings is 1. The number of nitrogens with one attached hydrogen (secondary N) is 1. The van der Waals surface area contributed by atoms with Gasteiger partial charge in [0.2, 0.25) is 5.88 Å². The predicted molar refractivity (Wildman–Crippen MR) is 96.1 cm³/mol. The molecule has 0 aliphatic carbocycles. The van der Waals surface area contributed by atoms with Crippen molar-refractivity contribution in [2.75, 3.05) is 5.32 Å². The zero-order valence-electron chi connectivity index (χ0n) is 12.9. The molecular weight excluding hydrogens is 336 g/mol. The topological polar surface area (TPSA) is 77.0 Å². The number of fused-ring (bicyclic) bond motifs is 1. The Hall–Kier alpha value is -3.32. The average Bonchev–Trinajstić information content (AvgIpc) is 3.11. The van der Waals surface area contributed by atoms with Crippen LogP contribution in [-0.4, -0.2) is 19.6 Å². The van der Waals surface area contributed by atoms with Crippen molar-refractivity contribution in [1.82, 2.24) is 13.7 Å². The highest BCUT2D eigenvalue weighted by Crippen LogP contribution is 2.24. The van der Waals surface area contributed by atoms with Crippen molar-refractivity contribution < 1.29 is 9.53 Å². The fourth-order valence-electron chi connectivity index (χ4n) is 2.30. The molecule has 2 heterocycles. The van der Waals surface area contributed by atoms with Crippen LogP contribution in [0, 0.1) is 0 Å².